The van der Waals surface area contributed by atoms with Crippen LogP contribution in [0.1, 0.15) is 18.4 Å². The van der Waals surface area contributed by atoms with Gasteiger partial charge in [0.25, 0.3) is 0 Å². The van der Waals surface area contributed by atoms with E-state index in [-0.39, 0.29) is 24.8 Å². The van der Waals surface area contributed by atoms with E-state index in [9.17, 15) is 31.9 Å². The zero-order chi connectivity index (χ0) is 28.2. The molecule has 3 N–H and O–H groups in total. The number of amides is 1. The van der Waals surface area contributed by atoms with Crippen molar-refractivity contribution in [3.8, 4) is 16.9 Å². The number of nitrogens with zero attached hydrogens (tertiary/aromatic N) is 3. The topological polar surface area (TPSA) is 99.6 Å². The van der Waals surface area contributed by atoms with Gasteiger partial charge in [0.05, 0.1) is 18.6 Å². The fraction of sp³-hybridized carbons (Fsp3) is 0.346. The molecule has 3 atom stereocenters. The van der Waals surface area contributed by atoms with Gasteiger partial charge < -0.3 is 25.4 Å². The van der Waals surface area contributed by atoms with Gasteiger partial charge in [0.1, 0.15) is 11.8 Å². The molecule has 3 unspecified atom stereocenters. The molecular formula is C26H26F5N5O3. The Morgan fingerprint density at radius 2 is 1.74 bits per heavy atom. The van der Waals surface area contributed by atoms with Crippen LogP contribution >= 0.6 is 0 Å². The van der Waals surface area contributed by atoms with Crippen molar-refractivity contribution >= 4 is 17.5 Å². The average molecular weight is 552 g/mol. The summed E-state index contributed by atoms with van der Waals surface area (Å²) >= 11 is 0. The molecule has 2 aromatic carbocycles. The van der Waals surface area contributed by atoms with Crippen LogP contribution in [0.5, 0.6) is 5.75 Å². The minimum Gasteiger partial charge on any atom is -0.435 e. The van der Waals surface area contributed by atoms with Crippen molar-refractivity contribution in [2.24, 2.45) is 0 Å². The number of aliphatic hydroxyl groups is 1. The predicted octanol–water partition coefficient (Wildman–Crippen LogP) is 4.32. The molecule has 0 aliphatic carbocycles. The minimum absolute atomic E-state index is 0.00150. The van der Waals surface area contributed by atoms with E-state index in [1.807, 2.05) is 0 Å². The standard InChI is InChI=1S/C26H26F5N5O3/c1-15-22(26(29,30)31)32-10-11-36(15)23(38)21(14-37)17-2-6-19(7-3-17)35-25-33-12-18(13-34-25)16-4-8-20(9-5-16)39-24(27)28/h2-9,12-13,15,21-22,24,32,37H,10-11,14H2,1H3,(H,33,34,35). The van der Waals surface area contributed by atoms with E-state index in [1.54, 1.807) is 48.8 Å². The quantitative estimate of drug-likeness (QED) is 0.359. The molecule has 1 saturated heterocycles. The second kappa shape index (κ2) is 11.9. The van der Waals surface area contributed by atoms with E-state index in [1.165, 1.54) is 19.1 Å². The summed E-state index contributed by atoms with van der Waals surface area (Å²) in [5, 5.41) is 15.3. The molecular weight excluding hydrogens is 525 g/mol. The number of carbonyl (C=O) groups excluding carboxylic acids is 1. The molecule has 0 bridgehead atoms. The average Bonchev–Trinajstić information content (AvgIpc) is 2.90. The lowest BCUT2D eigenvalue weighted by Crippen LogP contribution is -2.64. The van der Waals surface area contributed by atoms with Crippen molar-refractivity contribution in [2.75, 3.05) is 25.0 Å². The fourth-order valence-electron chi connectivity index (χ4n) is 4.42. The zero-order valence-corrected chi connectivity index (χ0v) is 20.7. The van der Waals surface area contributed by atoms with Crippen molar-refractivity contribution in [1.29, 1.82) is 0 Å². The van der Waals surface area contributed by atoms with Crippen LogP contribution in [-0.2, 0) is 4.79 Å². The fourth-order valence-corrected chi connectivity index (χ4v) is 4.42. The van der Waals surface area contributed by atoms with E-state index >= 15 is 0 Å². The zero-order valence-electron chi connectivity index (χ0n) is 20.7. The van der Waals surface area contributed by atoms with E-state index in [2.05, 4.69) is 25.3 Å². The van der Waals surface area contributed by atoms with Gasteiger partial charge >= 0.3 is 12.8 Å². The first-order valence-corrected chi connectivity index (χ1v) is 12.0. The number of benzene rings is 2. The van der Waals surface area contributed by atoms with Gasteiger partial charge in [-0.1, -0.05) is 24.3 Å². The van der Waals surface area contributed by atoms with Crippen LogP contribution in [0.3, 0.4) is 0 Å². The largest absolute Gasteiger partial charge is 0.435 e. The van der Waals surface area contributed by atoms with Gasteiger partial charge in [0, 0.05) is 36.7 Å². The van der Waals surface area contributed by atoms with Crippen molar-refractivity contribution in [2.45, 2.75) is 37.7 Å². The number of hydrogen-bond donors (Lipinski definition) is 3. The van der Waals surface area contributed by atoms with E-state index < -0.39 is 43.3 Å². The lowest BCUT2D eigenvalue weighted by atomic mass is 9.95. The van der Waals surface area contributed by atoms with Gasteiger partial charge in [-0.25, -0.2) is 9.97 Å². The maximum Gasteiger partial charge on any atom is 0.405 e. The summed E-state index contributed by atoms with van der Waals surface area (Å²) in [6.45, 7) is -2.03. The molecule has 1 amide bonds. The van der Waals surface area contributed by atoms with E-state index in [0.29, 0.717) is 22.4 Å². The lowest BCUT2D eigenvalue weighted by Gasteiger charge is -2.42. The van der Waals surface area contributed by atoms with Crippen molar-refractivity contribution in [3.63, 3.8) is 0 Å². The normalized spacial score (nSPS) is 18.6. The first-order valence-electron chi connectivity index (χ1n) is 12.0. The molecule has 1 aliphatic heterocycles. The first-order chi connectivity index (χ1) is 18.6. The highest BCUT2D eigenvalue weighted by molar-refractivity contribution is 5.84. The first kappa shape index (κ1) is 28.2. The van der Waals surface area contributed by atoms with Gasteiger partial charge in [0.15, 0.2) is 0 Å². The minimum atomic E-state index is -4.50. The number of carbonyl (C=O) groups is 1. The summed E-state index contributed by atoms with van der Waals surface area (Å²) in [6, 6.07) is 9.56. The third-order valence-electron chi connectivity index (χ3n) is 6.44. The number of halogens is 5. The summed E-state index contributed by atoms with van der Waals surface area (Å²) in [5.74, 6) is -1.28. The number of anilines is 2. The molecule has 39 heavy (non-hydrogen) atoms. The van der Waals surface area contributed by atoms with Crippen LogP contribution in [0.25, 0.3) is 11.1 Å². The SMILES string of the molecule is CC1C(C(F)(F)F)NCCN1C(=O)C(CO)c1ccc(Nc2ncc(-c3ccc(OC(F)F)cc3)cn2)cc1. The maximum atomic E-state index is 13.3. The Labute approximate surface area is 220 Å². The molecule has 2 heterocycles. The molecule has 1 aromatic heterocycles. The van der Waals surface area contributed by atoms with E-state index in [4.69, 9.17) is 0 Å². The van der Waals surface area contributed by atoms with Gasteiger partial charge in [-0.05, 0) is 42.3 Å². The number of ether oxygens (including phenoxy) is 1. The van der Waals surface area contributed by atoms with Crippen molar-refractivity contribution in [3.05, 3.63) is 66.5 Å². The van der Waals surface area contributed by atoms with Gasteiger partial charge in [-0.2, -0.15) is 22.0 Å². The number of piperazine rings is 1. The molecule has 1 aliphatic rings. The van der Waals surface area contributed by atoms with Gasteiger partial charge in [-0.15, -0.1) is 0 Å². The van der Waals surface area contributed by atoms with Crippen LogP contribution < -0.4 is 15.4 Å². The van der Waals surface area contributed by atoms with Crippen LogP contribution in [0.4, 0.5) is 33.6 Å². The van der Waals surface area contributed by atoms with Crippen LogP contribution in [0.15, 0.2) is 60.9 Å². The lowest BCUT2D eigenvalue weighted by molar-refractivity contribution is -0.179. The van der Waals surface area contributed by atoms with Crippen LogP contribution in [0.2, 0.25) is 0 Å². The molecule has 13 heteroatoms. The number of rotatable bonds is 8. The smallest absolute Gasteiger partial charge is 0.405 e. The monoisotopic (exact) mass is 551 g/mol. The molecule has 0 radical (unpaired) electrons. The van der Waals surface area contributed by atoms with Crippen LogP contribution in [0, 0.1) is 0 Å². The second-order valence-electron chi connectivity index (χ2n) is 8.93. The van der Waals surface area contributed by atoms with E-state index in [0.717, 1.165) is 4.90 Å². The summed E-state index contributed by atoms with van der Waals surface area (Å²) in [7, 11) is 0. The molecule has 208 valence electrons. The molecule has 1 fully saturated rings. The summed E-state index contributed by atoms with van der Waals surface area (Å²) in [5.41, 5.74) is 2.39. The highest BCUT2D eigenvalue weighted by Crippen LogP contribution is 2.30. The number of aromatic nitrogens is 2. The number of hydrogen-bond acceptors (Lipinski definition) is 7. The van der Waals surface area contributed by atoms with Crippen molar-refractivity contribution in [1.82, 2.24) is 20.2 Å². The molecule has 0 saturated carbocycles. The molecule has 4 rings (SSSR count). The Kier molecular flexibility index (Phi) is 8.60. The van der Waals surface area contributed by atoms with Crippen molar-refractivity contribution < 1.29 is 36.6 Å². The Hall–Kier alpha value is -3.84. The summed E-state index contributed by atoms with van der Waals surface area (Å²) in [6.07, 6.45) is -1.40. The molecule has 0 spiro atoms. The Bertz CT molecular complexity index is 1240. The van der Waals surface area contributed by atoms with Gasteiger partial charge in [-0.3, -0.25) is 4.79 Å². The highest BCUT2D eigenvalue weighted by atomic mass is 19.4. The third-order valence-corrected chi connectivity index (χ3v) is 6.44. The maximum absolute atomic E-state index is 13.3. The number of aliphatic hydroxyl groups excluding tert-OH is 1. The Morgan fingerprint density at radius 1 is 1.10 bits per heavy atom. The molecule has 8 nitrogen and oxygen atoms in total. The summed E-state index contributed by atoms with van der Waals surface area (Å²) in [4.78, 5) is 22.8. The number of nitrogens with one attached hydrogen (secondary N) is 2. The molecule has 3 aromatic rings. The summed E-state index contributed by atoms with van der Waals surface area (Å²) < 4.78 is 68.9. The second-order valence-corrected chi connectivity index (χ2v) is 8.93. The van der Waals surface area contributed by atoms with Gasteiger partial charge in [0.2, 0.25) is 11.9 Å². The third kappa shape index (κ3) is 6.79. The Balaban J connectivity index is 1.40. The number of alkyl halides is 5. The highest BCUT2D eigenvalue weighted by Gasteiger charge is 2.48. The Morgan fingerprint density at radius 3 is 2.31 bits per heavy atom. The predicted molar refractivity (Wildman–Crippen MR) is 133 cm³/mol. The van der Waals surface area contributed by atoms with Crippen LogP contribution in [-0.4, -0.2) is 70.4 Å².